The third-order valence-electron chi connectivity index (χ3n) is 11.0. The van der Waals surface area contributed by atoms with Crippen LogP contribution < -0.4 is 0 Å². The minimum absolute atomic E-state index is 0.101. The van der Waals surface area contributed by atoms with Crippen LogP contribution in [-0.2, 0) is 28.6 Å². The van der Waals surface area contributed by atoms with Gasteiger partial charge in [-0.1, -0.05) is 210 Å². The van der Waals surface area contributed by atoms with Gasteiger partial charge in [0.2, 0.25) is 0 Å². The first-order valence-electron chi connectivity index (χ1n) is 25.8. The lowest BCUT2D eigenvalue weighted by molar-refractivity contribution is -0.166. The summed E-state index contributed by atoms with van der Waals surface area (Å²) >= 11 is 0. The summed E-state index contributed by atoms with van der Waals surface area (Å²) in [6.45, 7) is 6.51. The Balaban J connectivity index is 4.38. The van der Waals surface area contributed by atoms with Crippen LogP contribution in [0.15, 0.2) is 60.8 Å². The standard InChI is InChI=1S/C55H96O6/c1-4-7-10-13-16-19-22-24-25-26-27-28-29-31-33-36-39-42-45-48-54(57)60-51-52(50-59-53(56)47-44-41-38-35-32-21-18-15-12-9-6-3)61-55(58)49-46-43-40-37-34-30-23-20-17-14-11-8-5-2/h15-16,18-19,22,24,30,34,40,43,52H,4-14,17,20-21,23,25-29,31-33,35-39,41-42,44-51H2,1-3H3/b18-15-,19-16-,24-22-,34-30-,43-40-. The van der Waals surface area contributed by atoms with Crippen LogP contribution in [-0.4, -0.2) is 37.2 Å². The van der Waals surface area contributed by atoms with Crippen molar-refractivity contribution in [3.05, 3.63) is 60.8 Å². The normalized spacial score (nSPS) is 12.5. The maximum Gasteiger partial charge on any atom is 0.306 e. The SMILES string of the molecule is CCCC/C=C\CCCCCCCC(=O)OCC(COC(=O)CCCCCCCCCCCC/C=C\C=C/CCCCC)OC(=O)CC/C=C\C/C=C\CCCCCCCC. The molecule has 61 heavy (non-hydrogen) atoms. The molecule has 6 heteroatoms. The number of rotatable bonds is 46. The molecule has 0 heterocycles. The van der Waals surface area contributed by atoms with E-state index >= 15 is 0 Å². The number of hydrogen-bond donors (Lipinski definition) is 0. The van der Waals surface area contributed by atoms with Crippen molar-refractivity contribution in [1.82, 2.24) is 0 Å². The monoisotopic (exact) mass is 853 g/mol. The van der Waals surface area contributed by atoms with Gasteiger partial charge in [0.05, 0.1) is 0 Å². The molecule has 0 saturated carbocycles. The van der Waals surface area contributed by atoms with E-state index in [1.54, 1.807) is 0 Å². The van der Waals surface area contributed by atoms with E-state index in [0.29, 0.717) is 19.3 Å². The molecular formula is C55H96O6. The lowest BCUT2D eigenvalue weighted by atomic mass is 10.1. The summed E-state index contributed by atoms with van der Waals surface area (Å²) in [5.74, 6) is -0.980. The van der Waals surface area contributed by atoms with Crippen LogP contribution in [0.1, 0.15) is 252 Å². The van der Waals surface area contributed by atoms with Crippen molar-refractivity contribution in [3.8, 4) is 0 Å². The van der Waals surface area contributed by atoms with Gasteiger partial charge in [0.25, 0.3) is 0 Å². The highest BCUT2D eigenvalue weighted by Crippen LogP contribution is 2.14. The van der Waals surface area contributed by atoms with Crippen LogP contribution in [0.25, 0.3) is 0 Å². The Kier molecular flexibility index (Phi) is 47.4. The second-order valence-electron chi connectivity index (χ2n) is 17.1. The molecule has 1 unspecified atom stereocenters. The largest absolute Gasteiger partial charge is 0.462 e. The van der Waals surface area contributed by atoms with Gasteiger partial charge in [-0.15, -0.1) is 0 Å². The molecule has 1 atom stereocenters. The smallest absolute Gasteiger partial charge is 0.306 e. The zero-order valence-electron chi connectivity index (χ0n) is 40.2. The molecule has 0 rings (SSSR count). The summed E-state index contributed by atoms with van der Waals surface area (Å²) in [5.41, 5.74) is 0. The average molecular weight is 853 g/mol. The Bertz CT molecular complexity index is 1120. The van der Waals surface area contributed by atoms with Crippen LogP contribution in [0.4, 0.5) is 0 Å². The second kappa shape index (κ2) is 49.8. The second-order valence-corrected chi connectivity index (χ2v) is 17.1. The number of unbranched alkanes of at least 4 members (excludes halogenated alkanes) is 26. The summed E-state index contributed by atoms with van der Waals surface area (Å²) in [7, 11) is 0. The van der Waals surface area contributed by atoms with E-state index in [9.17, 15) is 14.4 Å². The van der Waals surface area contributed by atoms with Crippen LogP contribution in [0, 0.1) is 0 Å². The van der Waals surface area contributed by atoms with Crippen molar-refractivity contribution in [1.29, 1.82) is 0 Å². The minimum Gasteiger partial charge on any atom is -0.462 e. The van der Waals surface area contributed by atoms with Gasteiger partial charge in [0, 0.05) is 19.3 Å². The molecule has 352 valence electrons. The van der Waals surface area contributed by atoms with Gasteiger partial charge in [0.1, 0.15) is 13.2 Å². The molecule has 0 saturated heterocycles. The number of ether oxygens (including phenoxy) is 3. The molecule has 0 bridgehead atoms. The maximum atomic E-state index is 12.7. The van der Waals surface area contributed by atoms with Crippen molar-refractivity contribution in [3.63, 3.8) is 0 Å². The van der Waals surface area contributed by atoms with Crippen molar-refractivity contribution in [2.24, 2.45) is 0 Å². The minimum atomic E-state index is -0.807. The predicted octanol–water partition coefficient (Wildman–Crippen LogP) is 16.9. The van der Waals surface area contributed by atoms with E-state index in [0.717, 1.165) is 57.8 Å². The lowest BCUT2D eigenvalue weighted by Crippen LogP contribution is -2.30. The Hall–Kier alpha value is -2.89. The molecule has 0 spiro atoms. The van der Waals surface area contributed by atoms with Crippen LogP contribution in [0.2, 0.25) is 0 Å². The van der Waals surface area contributed by atoms with Gasteiger partial charge in [-0.2, -0.15) is 0 Å². The molecule has 0 fully saturated rings. The van der Waals surface area contributed by atoms with Gasteiger partial charge in [-0.05, 0) is 83.5 Å². The fourth-order valence-electron chi connectivity index (χ4n) is 7.05. The zero-order chi connectivity index (χ0) is 44.4. The molecule has 0 aromatic rings. The Morgan fingerprint density at radius 1 is 0.344 bits per heavy atom. The fourth-order valence-corrected chi connectivity index (χ4v) is 7.05. The molecule has 0 aliphatic heterocycles. The van der Waals surface area contributed by atoms with Crippen LogP contribution in [0.5, 0.6) is 0 Å². The zero-order valence-corrected chi connectivity index (χ0v) is 40.2. The number of esters is 3. The first-order valence-corrected chi connectivity index (χ1v) is 25.8. The molecule has 0 aliphatic rings. The van der Waals surface area contributed by atoms with Crippen molar-refractivity contribution < 1.29 is 28.6 Å². The Labute approximate surface area is 377 Å². The third-order valence-corrected chi connectivity index (χ3v) is 11.0. The molecular weight excluding hydrogens is 757 g/mol. The van der Waals surface area contributed by atoms with Crippen molar-refractivity contribution >= 4 is 17.9 Å². The highest BCUT2D eigenvalue weighted by Gasteiger charge is 2.19. The van der Waals surface area contributed by atoms with Gasteiger partial charge in [-0.25, -0.2) is 0 Å². The number of allylic oxidation sites excluding steroid dienone is 10. The maximum absolute atomic E-state index is 12.7. The molecule has 0 aliphatic carbocycles. The lowest BCUT2D eigenvalue weighted by Gasteiger charge is -2.18. The highest BCUT2D eigenvalue weighted by atomic mass is 16.6. The van der Waals surface area contributed by atoms with E-state index in [-0.39, 0.29) is 37.5 Å². The predicted molar refractivity (Wildman–Crippen MR) is 261 cm³/mol. The molecule has 0 N–H and O–H groups in total. The number of hydrogen-bond acceptors (Lipinski definition) is 6. The fraction of sp³-hybridized carbons (Fsp3) is 0.764. The van der Waals surface area contributed by atoms with Crippen molar-refractivity contribution in [2.75, 3.05) is 13.2 Å². The highest BCUT2D eigenvalue weighted by molar-refractivity contribution is 5.71. The summed E-state index contributed by atoms with van der Waals surface area (Å²) in [5, 5.41) is 0. The van der Waals surface area contributed by atoms with E-state index < -0.39 is 6.10 Å². The van der Waals surface area contributed by atoms with E-state index in [1.807, 2.05) is 6.08 Å². The molecule has 0 aromatic heterocycles. The Morgan fingerprint density at radius 2 is 0.689 bits per heavy atom. The van der Waals surface area contributed by atoms with Gasteiger partial charge >= 0.3 is 17.9 Å². The summed E-state index contributed by atoms with van der Waals surface area (Å²) in [4.78, 5) is 37.9. The number of carbonyl (C=O) groups is 3. The summed E-state index contributed by atoms with van der Waals surface area (Å²) in [6.07, 6.45) is 60.7. The molecule has 0 aromatic carbocycles. The van der Waals surface area contributed by atoms with E-state index in [2.05, 4.69) is 75.5 Å². The van der Waals surface area contributed by atoms with E-state index in [1.165, 1.54) is 148 Å². The molecule has 0 radical (unpaired) electrons. The number of carbonyl (C=O) groups excluding carboxylic acids is 3. The first-order chi connectivity index (χ1) is 30.0. The average Bonchev–Trinajstić information content (AvgIpc) is 3.26. The Morgan fingerprint density at radius 3 is 1.16 bits per heavy atom. The van der Waals surface area contributed by atoms with Crippen molar-refractivity contribution in [2.45, 2.75) is 258 Å². The van der Waals surface area contributed by atoms with Crippen LogP contribution >= 0.6 is 0 Å². The topological polar surface area (TPSA) is 78.9 Å². The quantitative estimate of drug-likeness (QED) is 0.0200. The third kappa shape index (κ3) is 48.0. The van der Waals surface area contributed by atoms with Crippen LogP contribution in [0.3, 0.4) is 0 Å². The molecule has 6 nitrogen and oxygen atoms in total. The first kappa shape index (κ1) is 58.1. The van der Waals surface area contributed by atoms with E-state index in [4.69, 9.17) is 14.2 Å². The van der Waals surface area contributed by atoms with Gasteiger partial charge in [0.15, 0.2) is 6.10 Å². The summed E-state index contributed by atoms with van der Waals surface area (Å²) in [6, 6.07) is 0. The van der Waals surface area contributed by atoms with Gasteiger partial charge in [-0.3, -0.25) is 14.4 Å². The summed E-state index contributed by atoms with van der Waals surface area (Å²) < 4.78 is 16.7. The van der Waals surface area contributed by atoms with Gasteiger partial charge < -0.3 is 14.2 Å². The molecule has 0 amide bonds.